The van der Waals surface area contributed by atoms with Gasteiger partial charge >= 0.3 is 0 Å². The van der Waals surface area contributed by atoms with Crippen LogP contribution in [0.1, 0.15) is 22.8 Å². The van der Waals surface area contributed by atoms with Gasteiger partial charge in [-0.1, -0.05) is 19.1 Å². The number of sulfone groups is 1. The van der Waals surface area contributed by atoms with E-state index >= 15 is 0 Å². The molecule has 0 spiro atoms. The van der Waals surface area contributed by atoms with E-state index in [4.69, 9.17) is 5.73 Å². The third-order valence-corrected chi connectivity index (χ3v) is 7.01. The molecule has 1 aliphatic rings. The lowest BCUT2D eigenvalue weighted by Gasteiger charge is -2.35. The Morgan fingerprint density at radius 1 is 1.48 bits per heavy atom. The predicted octanol–water partition coefficient (Wildman–Crippen LogP) is 1.53. The second kappa shape index (κ2) is 6.27. The number of para-hydroxylation sites is 1. The molecule has 2 N–H and O–H groups in total. The van der Waals surface area contributed by atoms with Crippen LogP contribution in [0.15, 0.2) is 18.2 Å². The molecule has 1 atom stereocenters. The number of hydrogen-bond acceptors (Lipinski definition) is 5. The first-order valence-electron chi connectivity index (χ1n) is 6.84. The first-order valence-corrected chi connectivity index (χ1v) is 9.71. The number of thioether (sulfide) groups is 1. The Morgan fingerprint density at radius 2 is 2.19 bits per heavy atom. The summed E-state index contributed by atoms with van der Waals surface area (Å²) in [5, 5.41) is -0.756. The maximum absolute atomic E-state index is 12.7. The number of hydrogen-bond donors (Lipinski definition) is 1. The number of carbonyl (C=O) groups excluding carboxylic acids is 1. The molecule has 0 radical (unpaired) electrons. The molecule has 1 fully saturated rings. The Balaban J connectivity index is 2.38. The van der Waals surface area contributed by atoms with Crippen molar-refractivity contribution in [2.75, 3.05) is 29.5 Å². The van der Waals surface area contributed by atoms with Crippen LogP contribution in [0.4, 0.5) is 5.69 Å². The highest BCUT2D eigenvalue weighted by atomic mass is 32.2. The van der Waals surface area contributed by atoms with Gasteiger partial charge in [0.05, 0.1) is 5.56 Å². The molecule has 0 saturated carbocycles. The number of carbonyl (C=O) groups is 1. The molecule has 1 aliphatic heterocycles. The van der Waals surface area contributed by atoms with Crippen LogP contribution >= 0.6 is 11.8 Å². The van der Waals surface area contributed by atoms with Crippen LogP contribution in [0.25, 0.3) is 0 Å². The number of anilines is 1. The van der Waals surface area contributed by atoms with Crippen LogP contribution < -0.4 is 5.73 Å². The average Bonchev–Trinajstić information content (AvgIpc) is 2.49. The quantitative estimate of drug-likeness (QED) is 0.851. The van der Waals surface area contributed by atoms with Crippen LogP contribution in [-0.2, 0) is 9.84 Å². The van der Waals surface area contributed by atoms with Gasteiger partial charge in [0, 0.05) is 29.5 Å². The minimum Gasteiger partial charge on any atom is -0.398 e. The highest BCUT2D eigenvalue weighted by Crippen LogP contribution is 2.26. The van der Waals surface area contributed by atoms with E-state index in [1.807, 2.05) is 13.0 Å². The van der Waals surface area contributed by atoms with E-state index in [2.05, 4.69) is 0 Å². The van der Waals surface area contributed by atoms with Gasteiger partial charge in [0.2, 0.25) is 0 Å². The van der Waals surface area contributed by atoms with Gasteiger partial charge in [0.25, 0.3) is 5.91 Å². The van der Waals surface area contributed by atoms with Gasteiger partial charge in [-0.3, -0.25) is 4.79 Å². The zero-order valence-corrected chi connectivity index (χ0v) is 13.8. The molecule has 116 valence electrons. The topological polar surface area (TPSA) is 80.5 Å². The van der Waals surface area contributed by atoms with Gasteiger partial charge in [-0.25, -0.2) is 8.42 Å². The summed E-state index contributed by atoms with van der Waals surface area (Å²) < 4.78 is 24.4. The average molecular weight is 328 g/mol. The number of rotatable bonds is 3. The van der Waals surface area contributed by atoms with Crippen LogP contribution in [-0.4, -0.2) is 48.4 Å². The van der Waals surface area contributed by atoms with Crippen molar-refractivity contribution in [1.29, 1.82) is 0 Å². The molecule has 1 aromatic rings. The molecule has 5 nitrogen and oxygen atoms in total. The van der Waals surface area contributed by atoms with Gasteiger partial charge < -0.3 is 10.6 Å². The lowest BCUT2D eigenvalue weighted by Crippen LogP contribution is -2.50. The van der Waals surface area contributed by atoms with Gasteiger partial charge in [-0.2, -0.15) is 11.8 Å². The van der Waals surface area contributed by atoms with Crippen molar-refractivity contribution < 1.29 is 13.2 Å². The summed E-state index contributed by atoms with van der Waals surface area (Å²) >= 11 is 1.56. The Morgan fingerprint density at radius 3 is 2.86 bits per heavy atom. The molecule has 1 heterocycles. The van der Waals surface area contributed by atoms with E-state index in [9.17, 15) is 13.2 Å². The van der Waals surface area contributed by atoms with E-state index in [1.165, 1.54) is 4.90 Å². The van der Waals surface area contributed by atoms with E-state index < -0.39 is 15.2 Å². The summed E-state index contributed by atoms with van der Waals surface area (Å²) in [6.45, 7) is 3.87. The fourth-order valence-corrected chi connectivity index (χ4v) is 5.29. The minimum atomic E-state index is -3.30. The van der Waals surface area contributed by atoms with Crippen molar-refractivity contribution in [1.82, 2.24) is 4.90 Å². The molecule has 2 rings (SSSR count). The highest BCUT2D eigenvalue weighted by Gasteiger charge is 2.36. The summed E-state index contributed by atoms with van der Waals surface area (Å²) in [5.41, 5.74) is 7.61. The van der Waals surface area contributed by atoms with Crippen molar-refractivity contribution in [3.05, 3.63) is 29.3 Å². The zero-order chi connectivity index (χ0) is 15.6. The van der Waals surface area contributed by atoms with Crippen molar-refractivity contribution in [3.8, 4) is 0 Å². The fourth-order valence-electron chi connectivity index (χ4n) is 2.33. The van der Waals surface area contributed by atoms with Crippen LogP contribution in [0.5, 0.6) is 0 Å². The number of benzene rings is 1. The summed E-state index contributed by atoms with van der Waals surface area (Å²) in [5.74, 6) is 0.907. The Labute approximate surface area is 129 Å². The second-order valence-corrected chi connectivity index (χ2v) is 8.61. The normalized spacial score (nSPS) is 19.5. The summed E-state index contributed by atoms with van der Waals surface area (Å²) in [4.78, 5) is 14.2. The highest BCUT2D eigenvalue weighted by molar-refractivity contribution is 8.01. The third-order valence-electron chi connectivity index (χ3n) is 3.72. The molecular weight excluding hydrogens is 308 g/mol. The molecule has 0 bridgehead atoms. The molecule has 0 aliphatic carbocycles. The minimum absolute atomic E-state index is 0.0330. The first kappa shape index (κ1) is 16.2. The molecule has 21 heavy (non-hydrogen) atoms. The van der Waals surface area contributed by atoms with E-state index in [0.29, 0.717) is 23.5 Å². The standard InChI is InChI=1S/C14H20N2O3S2/c1-3-21(18,19)12-9-20-8-7-16(12)14(17)11-6-4-5-10(2)13(11)15/h4-6,12H,3,7-9,15H2,1-2H3. The maximum atomic E-state index is 12.7. The Kier molecular flexibility index (Phi) is 4.83. The molecule has 1 unspecified atom stereocenters. The van der Waals surface area contributed by atoms with Crippen molar-refractivity contribution in [2.45, 2.75) is 19.2 Å². The number of amides is 1. The summed E-state index contributed by atoms with van der Waals surface area (Å²) in [7, 11) is -3.30. The zero-order valence-electron chi connectivity index (χ0n) is 12.2. The van der Waals surface area contributed by atoms with Gasteiger partial charge in [0.15, 0.2) is 9.84 Å². The number of aryl methyl sites for hydroxylation is 1. The SMILES string of the molecule is CCS(=O)(=O)C1CSCCN1C(=O)c1cccc(C)c1N. The van der Waals surface area contributed by atoms with Crippen LogP contribution in [0.3, 0.4) is 0 Å². The van der Waals surface area contributed by atoms with Crippen molar-refractivity contribution in [2.24, 2.45) is 0 Å². The van der Waals surface area contributed by atoms with Crippen LogP contribution in [0, 0.1) is 6.92 Å². The molecular formula is C14H20N2O3S2. The second-order valence-electron chi connectivity index (χ2n) is 5.02. The van der Waals surface area contributed by atoms with Gasteiger partial charge in [0.1, 0.15) is 5.37 Å². The number of nitrogens with two attached hydrogens (primary N) is 1. The first-order chi connectivity index (χ1) is 9.88. The van der Waals surface area contributed by atoms with E-state index in [0.717, 1.165) is 11.3 Å². The van der Waals surface area contributed by atoms with Crippen molar-refractivity contribution >= 4 is 33.2 Å². The Bertz CT molecular complexity index is 644. The van der Waals surface area contributed by atoms with Crippen molar-refractivity contribution in [3.63, 3.8) is 0 Å². The molecule has 7 heteroatoms. The number of nitrogen functional groups attached to an aromatic ring is 1. The fraction of sp³-hybridized carbons (Fsp3) is 0.500. The maximum Gasteiger partial charge on any atom is 0.257 e. The summed E-state index contributed by atoms with van der Waals surface area (Å²) in [6, 6.07) is 5.25. The summed E-state index contributed by atoms with van der Waals surface area (Å²) in [6.07, 6.45) is 0. The molecule has 0 aromatic heterocycles. The van der Waals surface area contributed by atoms with E-state index in [-0.39, 0.29) is 11.7 Å². The number of nitrogens with zero attached hydrogens (tertiary/aromatic N) is 1. The molecule has 1 aromatic carbocycles. The van der Waals surface area contributed by atoms with Crippen LogP contribution in [0.2, 0.25) is 0 Å². The Hall–Kier alpha value is -1.21. The molecule has 1 amide bonds. The monoisotopic (exact) mass is 328 g/mol. The third kappa shape index (κ3) is 3.18. The van der Waals surface area contributed by atoms with Gasteiger partial charge in [-0.05, 0) is 18.6 Å². The van der Waals surface area contributed by atoms with Gasteiger partial charge in [-0.15, -0.1) is 0 Å². The van der Waals surface area contributed by atoms with E-state index in [1.54, 1.807) is 30.8 Å². The lowest BCUT2D eigenvalue weighted by molar-refractivity contribution is 0.0750. The largest absolute Gasteiger partial charge is 0.398 e. The smallest absolute Gasteiger partial charge is 0.257 e. The predicted molar refractivity (Wildman–Crippen MR) is 87.2 cm³/mol. The lowest BCUT2D eigenvalue weighted by atomic mass is 10.1. The molecule has 1 saturated heterocycles.